The fourth-order valence-electron chi connectivity index (χ4n) is 2.86. The third-order valence-corrected chi connectivity index (χ3v) is 5.19. The van der Waals surface area contributed by atoms with Crippen LogP contribution in [0, 0.1) is 9.49 Å². The number of hydrogen-bond donors (Lipinski definition) is 2. The Balaban J connectivity index is 1.84. The van der Waals surface area contributed by atoms with Crippen molar-refractivity contribution in [2.45, 2.75) is 18.4 Å². The Bertz CT molecular complexity index is 603. The van der Waals surface area contributed by atoms with Gasteiger partial charge in [-0.15, -0.1) is 0 Å². The summed E-state index contributed by atoms with van der Waals surface area (Å²) in [4.78, 5) is 0. The molecule has 2 aromatic carbocycles. The summed E-state index contributed by atoms with van der Waals surface area (Å²) in [6.45, 7) is 0. The lowest BCUT2D eigenvalue weighted by atomic mass is 9.99. The summed E-state index contributed by atoms with van der Waals surface area (Å²) in [5.41, 5.74) is 5.58. The molecule has 3 atom stereocenters. The average Bonchev–Trinajstić information content (AvgIpc) is 3.25. The van der Waals surface area contributed by atoms with Crippen molar-refractivity contribution in [3.05, 3.63) is 68.3 Å². The van der Waals surface area contributed by atoms with E-state index in [0.29, 0.717) is 11.8 Å². The van der Waals surface area contributed by atoms with Crippen molar-refractivity contribution in [3.63, 3.8) is 0 Å². The van der Waals surface area contributed by atoms with Crippen molar-refractivity contribution in [1.29, 1.82) is 0 Å². The second-order valence-electron chi connectivity index (χ2n) is 5.23. The van der Waals surface area contributed by atoms with Crippen molar-refractivity contribution in [1.82, 2.24) is 5.43 Å². The molecule has 0 spiro atoms. The fraction of sp³-hybridized carbons (Fsp3) is 0.250. The molecule has 4 heteroatoms. The van der Waals surface area contributed by atoms with Crippen molar-refractivity contribution in [3.8, 4) is 0 Å². The van der Waals surface area contributed by atoms with Crippen molar-refractivity contribution < 1.29 is 0 Å². The molecular formula is C16H16ClIN2. The Hall–Kier alpha value is -0.620. The molecule has 2 nitrogen and oxygen atoms in total. The Morgan fingerprint density at radius 2 is 1.95 bits per heavy atom. The summed E-state index contributed by atoms with van der Waals surface area (Å²) in [5.74, 6) is 6.93. The maximum Gasteiger partial charge on any atom is 0.0505 e. The molecule has 1 aliphatic rings. The number of nitrogens with one attached hydrogen (secondary N) is 1. The van der Waals surface area contributed by atoms with E-state index < -0.39 is 0 Å². The van der Waals surface area contributed by atoms with Gasteiger partial charge < -0.3 is 0 Å². The van der Waals surface area contributed by atoms with Gasteiger partial charge in [-0.2, -0.15) is 0 Å². The number of hydrazine groups is 1. The van der Waals surface area contributed by atoms with Crippen LogP contribution in [0.2, 0.25) is 5.02 Å². The SMILES string of the molecule is NNC(c1cc(Cl)ccc1I)C1CC1c1ccccc1. The predicted molar refractivity (Wildman–Crippen MR) is 91.5 cm³/mol. The first-order valence-corrected chi connectivity index (χ1v) is 8.12. The van der Waals surface area contributed by atoms with E-state index >= 15 is 0 Å². The first-order valence-electron chi connectivity index (χ1n) is 6.66. The van der Waals surface area contributed by atoms with Crippen LogP contribution in [-0.2, 0) is 0 Å². The Kier molecular flexibility index (Phi) is 4.31. The van der Waals surface area contributed by atoms with Gasteiger partial charge in [0.15, 0.2) is 0 Å². The van der Waals surface area contributed by atoms with E-state index in [9.17, 15) is 0 Å². The van der Waals surface area contributed by atoms with E-state index in [1.54, 1.807) is 0 Å². The normalized spacial score (nSPS) is 22.6. The zero-order valence-corrected chi connectivity index (χ0v) is 13.8. The van der Waals surface area contributed by atoms with Gasteiger partial charge in [-0.25, -0.2) is 0 Å². The number of benzene rings is 2. The molecule has 0 saturated heterocycles. The van der Waals surface area contributed by atoms with Crippen LogP contribution in [0.1, 0.15) is 29.5 Å². The van der Waals surface area contributed by atoms with E-state index in [4.69, 9.17) is 17.4 Å². The maximum absolute atomic E-state index is 6.12. The molecule has 1 aliphatic carbocycles. The second-order valence-corrected chi connectivity index (χ2v) is 6.83. The van der Waals surface area contributed by atoms with Crippen LogP contribution in [0.3, 0.4) is 0 Å². The fourth-order valence-corrected chi connectivity index (χ4v) is 3.72. The zero-order chi connectivity index (χ0) is 14.1. The molecule has 3 rings (SSSR count). The molecule has 3 N–H and O–H groups in total. The molecule has 3 unspecified atom stereocenters. The standard InChI is InChI=1S/C16H16ClIN2/c17-11-6-7-15(18)14(8-11)16(20-19)13-9-12(13)10-4-2-1-3-5-10/h1-8,12-13,16,20H,9,19H2. The third-order valence-electron chi connectivity index (χ3n) is 3.97. The summed E-state index contributed by atoms with van der Waals surface area (Å²) in [6, 6.07) is 16.8. The molecule has 20 heavy (non-hydrogen) atoms. The third kappa shape index (κ3) is 2.86. The molecule has 0 bridgehead atoms. The highest BCUT2D eigenvalue weighted by Crippen LogP contribution is 2.54. The van der Waals surface area contributed by atoms with Crippen LogP contribution in [-0.4, -0.2) is 0 Å². The molecule has 0 radical (unpaired) electrons. The van der Waals surface area contributed by atoms with Crippen molar-refractivity contribution in [2.24, 2.45) is 11.8 Å². The van der Waals surface area contributed by atoms with Gasteiger partial charge >= 0.3 is 0 Å². The molecule has 0 aliphatic heterocycles. The van der Waals surface area contributed by atoms with Crippen molar-refractivity contribution >= 4 is 34.2 Å². The molecular weight excluding hydrogens is 383 g/mol. The summed E-state index contributed by atoms with van der Waals surface area (Å²) in [6.07, 6.45) is 1.17. The molecule has 1 fully saturated rings. The molecule has 0 amide bonds. The number of halogens is 2. The van der Waals surface area contributed by atoms with Crippen LogP contribution in [0.15, 0.2) is 48.5 Å². The topological polar surface area (TPSA) is 38.0 Å². The van der Waals surface area contributed by atoms with Gasteiger partial charge in [-0.1, -0.05) is 41.9 Å². The number of rotatable bonds is 4. The molecule has 2 aromatic rings. The van der Waals surface area contributed by atoms with Gasteiger partial charge in [0.05, 0.1) is 6.04 Å². The Morgan fingerprint density at radius 1 is 1.20 bits per heavy atom. The highest BCUT2D eigenvalue weighted by atomic mass is 127. The van der Waals surface area contributed by atoms with Gasteiger partial charge in [0.2, 0.25) is 0 Å². The molecule has 1 saturated carbocycles. The van der Waals surface area contributed by atoms with E-state index in [1.165, 1.54) is 21.1 Å². The molecule has 0 heterocycles. The van der Waals surface area contributed by atoms with Gasteiger partial charge in [0, 0.05) is 8.59 Å². The van der Waals surface area contributed by atoms with Crippen molar-refractivity contribution in [2.75, 3.05) is 0 Å². The van der Waals surface area contributed by atoms with Gasteiger partial charge in [0.1, 0.15) is 0 Å². The number of nitrogens with two attached hydrogens (primary N) is 1. The Labute approximate surface area is 137 Å². The maximum atomic E-state index is 6.12. The quantitative estimate of drug-likeness (QED) is 0.459. The van der Waals surface area contributed by atoms with E-state index in [2.05, 4.69) is 58.3 Å². The lowest BCUT2D eigenvalue weighted by Gasteiger charge is -2.18. The van der Waals surface area contributed by atoms with Crippen LogP contribution < -0.4 is 11.3 Å². The summed E-state index contributed by atoms with van der Waals surface area (Å²) in [7, 11) is 0. The van der Waals surface area contributed by atoms with Crippen LogP contribution in [0.25, 0.3) is 0 Å². The minimum atomic E-state index is 0.158. The number of hydrogen-bond acceptors (Lipinski definition) is 2. The average molecular weight is 399 g/mol. The van der Waals surface area contributed by atoms with E-state index in [-0.39, 0.29) is 6.04 Å². The van der Waals surface area contributed by atoms with Gasteiger partial charge in [-0.3, -0.25) is 11.3 Å². The lowest BCUT2D eigenvalue weighted by molar-refractivity contribution is 0.485. The van der Waals surface area contributed by atoms with Gasteiger partial charge in [0.25, 0.3) is 0 Å². The second kappa shape index (κ2) is 6.02. The summed E-state index contributed by atoms with van der Waals surface area (Å²) < 4.78 is 1.20. The van der Waals surface area contributed by atoms with Crippen LogP contribution in [0.4, 0.5) is 0 Å². The van der Waals surface area contributed by atoms with Crippen LogP contribution >= 0.6 is 34.2 Å². The predicted octanol–water partition coefficient (Wildman–Crippen LogP) is 4.25. The first kappa shape index (κ1) is 14.3. The highest BCUT2D eigenvalue weighted by Gasteiger charge is 2.44. The minimum Gasteiger partial charge on any atom is -0.271 e. The first-order chi connectivity index (χ1) is 9.70. The van der Waals surface area contributed by atoms with Gasteiger partial charge in [-0.05, 0) is 70.2 Å². The van der Waals surface area contributed by atoms with E-state index in [0.717, 1.165) is 5.02 Å². The highest BCUT2D eigenvalue weighted by molar-refractivity contribution is 14.1. The summed E-state index contributed by atoms with van der Waals surface area (Å²) in [5, 5.41) is 0.762. The lowest BCUT2D eigenvalue weighted by Crippen LogP contribution is -2.30. The van der Waals surface area contributed by atoms with Crippen LogP contribution in [0.5, 0.6) is 0 Å². The zero-order valence-electron chi connectivity index (χ0n) is 10.9. The van der Waals surface area contributed by atoms with E-state index in [1.807, 2.05) is 18.2 Å². The molecule has 104 valence electrons. The smallest absolute Gasteiger partial charge is 0.0505 e. The summed E-state index contributed by atoms with van der Waals surface area (Å²) >= 11 is 8.47. The Morgan fingerprint density at radius 3 is 2.65 bits per heavy atom. The monoisotopic (exact) mass is 398 g/mol. The minimum absolute atomic E-state index is 0.158. The molecule has 0 aromatic heterocycles. The largest absolute Gasteiger partial charge is 0.271 e.